The van der Waals surface area contributed by atoms with Crippen LogP contribution >= 0.6 is 0 Å². The van der Waals surface area contributed by atoms with E-state index in [2.05, 4.69) is 32.6 Å². The minimum absolute atomic E-state index is 0.376. The van der Waals surface area contributed by atoms with Gasteiger partial charge in [0, 0.05) is 19.5 Å². The molecule has 0 radical (unpaired) electrons. The summed E-state index contributed by atoms with van der Waals surface area (Å²) in [5, 5.41) is 0. The molecule has 0 spiro atoms. The Morgan fingerprint density at radius 3 is 2.29 bits per heavy atom. The molecule has 0 aromatic heterocycles. The van der Waals surface area contributed by atoms with Crippen LogP contribution in [0.4, 0.5) is 0 Å². The molecule has 17 heavy (non-hydrogen) atoms. The fourth-order valence-electron chi connectivity index (χ4n) is 2.74. The topological polar surface area (TPSA) is 20.3 Å². The lowest BCUT2D eigenvalue weighted by molar-refractivity contribution is -0.132. The van der Waals surface area contributed by atoms with E-state index in [0.29, 0.717) is 11.3 Å². The molecular weight excluding hydrogens is 210 g/mol. The summed E-state index contributed by atoms with van der Waals surface area (Å²) < 4.78 is 0. The zero-order valence-electron chi connectivity index (χ0n) is 12.1. The van der Waals surface area contributed by atoms with Crippen LogP contribution in [0.1, 0.15) is 66.2 Å². The van der Waals surface area contributed by atoms with Crippen molar-refractivity contribution in [1.82, 2.24) is 4.90 Å². The van der Waals surface area contributed by atoms with Crippen LogP contribution in [0.5, 0.6) is 0 Å². The van der Waals surface area contributed by atoms with E-state index < -0.39 is 0 Å². The van der Waals surface area contributed by atoms with E-state index in [9.17, 15) is 4.79 Å². The van der Waals surface area contributed by atoms with Gasteiger partial charge in [-0.2, -0.15) is 0 Å². The maximum absolute atomic E-state index is 11.9. The van der Waals surface area contributed by atoms with Crippen molar-refractivity contribution in [3.63, 3.8) is 0 Å². The number of piperidine rings is 1. The Bertz CT molecular complexity index is 234. The quantitative estimate of drug-likeness (QED) is 0.729. The Balaban J connectivity index is 2.28. The molecule has 2 heteroatoms. The van der Waals surface area contributed by atoms with Gasteiger partial charge in [0.15, 0.2) is 0 Å². The van der Waals surface area contributed by atoms with Gasteiger partial charge in [0.1, 0.15) is 0 Å². The van der Waals surface area contributed by atoms with Gasteiger partial charge >= 0.3 is 0 Å². The second kappa shape index (κ2) is 6.42. The third kappa shape index (κ3) is 5.56. The first kappa shape index (κ1) is 14.5. The van der Waals surface area contributed by atoms with Crippen molar-refractivity contribution in [1.29, 1.82) is 0 Å². The van der Waals surface area contributed by atoms with Gasteiger partial charge in [0.25, 0.3) is 0 Å². The molecule has 0 saturated carbocycles. The van der Waals surface area contributed by atoms with Gasteiger partial charge in [0.2, 0.25) is 5.91 Å². The van der Waals surface area contributed by atoms with Gasteiger partial charge in [-0.15, -0.1) is 0 Å². The number of hydrogen-bond acceptors (Lipinski definition) is 1. The highest BCUT2D eigenvalue weighted by atomic mass is 16.2. The SMILES string of the molecule is CCCCC(=O)N1CCC(CC(C)(C)C)CC1. The first-order chi connectivity index (χ1) is 7.92. The molecule has 0 bridgehead atoms. The van der Waals surface area contributed by atoms with Crippen molar-refractivity contribution in [3.8, 4) is 0 Å². The number of carbonyl (C=O) groups is 1. The van der Waals surface area contributed by atoms with Gasteiger partial charge in [-0.05, 0) is 37.0 Å². The maximum atomic E-state index is 11.9. The van der Waals surface area contributed by atoms with Gasteiger partial charge in [-0.3, -0.25) is 4.79 Å². The van der Waals surface area contributed by atoms with Crippen LogP contribution in [0.25, 0.3) is 0 Å². The Morgan fingerprint density at radius 1 is 1.24 bits per heavy atom. The molecule has 2 nitrogen and oxygen atoms in total. The molecule has 100 valence electrons. The Kier molecular flexibility index (Phi) is 5.48. The van der Waals surface area contributed by atoms with Gasteiger partial charge in [0.05, 0.1) is 0 Å². The molecule has 1 amide bonds. The minimum Gasteiger partial charge on any atom is -0.343 e. The van der Waals surface area contributed by atoms with E-state index in [1.54, 1.807) is 0 Å². The number of rotatable bonds is 4. The van der Waals surface area contributed by atoms with Crippen LogP contribution in [0.2, 0.25) is 0 Å². The average molecular weight is 239 g/mol. The van der Waals surface area contributed by atoms with Crippen molar-refractivity contribution in [2.24, 2.45) is 11.3 Å². The molecule has 1 rings (SSSR count). The third-order valence-electron chi connectivity index (χ3n) is 3.61. The Labute approximate surface area is 107 Å². The molecule has 0 atom stereocenters. The molecule has 1 fully saturated rings. The summed E-state index contributed by atoms with van der Waals surface area (Å²) in [5.41, 5.74) is 0.430. The summed E-state index contributed by atoms with van der Waals surface area (Å²) in [7, 11) is 0. The number of likely N-dealkylation sites (tertiary alicyclic amines) is 1. The number of hydrogen-bond donors (Lipinski definition) is 0. The van der Waals surface area contributed by atoms with Gasteiger partial charge < -0.3 is 4.90 Å². The summed E-state index contributed by atoms with van der Waals surface area (Å²) in [6, 6.07) is 0. The van der Waals surface area contributed by atoms with Crippen molar-refractivity contribution in [3.05, 3.63) is 0 Å². The van der Waals surface area contributed by atoms with Crippen molar-refractivity contribution in [2.45, 2.75) is 66.2 Å². The Morgan fingerprint density at radius 2 is 1.82 bits per heavy atom. The summed E-state index contributed by atoms with van der Waals surface area (Å²) in [4.78, 5) is 14.0. The number of nitrogens with zero attached hydrogens (tertiary/aromatic N) is 1. The highest BCUT2D eigenvalue weighted by Crippen LogP contribution is 2.31. The maximum Gasteiger partial charge on any atom is 0.222 e. The number of unbranched alkanes of at least 4 members (excludes halogenated alkanes) is 1. The van der Waals surface area contributed by atoms with E-state index in [1.165, 1.54) is 19.3 Å². The highest BCUT2D eigenvalue weighted by Gasteiger charge is 2.25. The third-order valence-corrected chi connectivity index (χ3v) is 3.61. The van der Waals surface area contributed by atoms with Crippen LogP contribution < -0.4 is 0 Å². The molecule has 1 aliphatic rings. The number of amides is 1. The van der Waals surface area contributed by atoms with Crippen LogP contribution in [0, 0.1) is 11.3 Å². The molecule has 1 heterocycles. The second-order valence-electron chi connectivity index (χ2n) is 6.69. The summed E-state index contributed by atoms with van der Waals surface area (Å²) in [5.74, 6) is 1.20. The average Bonchev–Trinajstić information content (AvgIpc) is 2.24. The fraction of sp³-hybridized carbons (Fsp3) is 0.933. The molecule has 0 aromatic carbocycles. The van der Waals surface area contributed by atoms with Gasteiger partial charge in [-0.1, -0.05) is 34.1 Å². The van der Waals surface area contributed by atoms with Crippen molar-refractivity contribution >= 4 is 5.91 Å². The molecule has 1 aliphatic heterocycles. The molecule has 0 aromatic rings. The molecule has 0 unspecified atom stereocenters. The molecule has 1 saturated heterocycles. The summed E-state index contributed by atoms with van der Waals surface area (Å²) >= 11 is 0. The fourth-order valence-corrected chi connectivity index (χ4v) is 2.74. The van der Waals surface area contributed by atoms with Crippen molar-refractivity contribution in [2.75, 3.05) is 13.1 Å². The predicted molar refractivity (Wildman–Crippen MR) is 72.9 cm³/mol. The van der Waals surface area contributed by atoms with Gasteiger partial charge in [-0.25, -0.2) is 0 Å². The number of carbonyl (C=O) groups excluding carboxylic acids is 1. The standard InChI is InChI=1S/C15H29NO/c1-5-6-7-14(17)16-10-8-13(9-11-16)12-15(2,3)4/h13H,5-12H2,1-4H3. The lowest BCUT2D eigenvalue weighted by atomic mass is 9.80. The van der Waals surface area contributed by atoms with E-state index in [4.69, 9.17) is 0 Å². The van der Waals surface area contributed by atoms with Crippen LogP contribution in [-0.2, 0) is 4.79 Å². The molecule has 0 aliphatic carbocycles. The smallest absolute Gasteiger partial charge is 0.222 e. The lowest BCUT2D eigenvalue weighted by Gasteiger charge is -2.35. The van der Waals surface area contributed by atoms with Crippen LogP contribution in [-0.4, -0.2) is 23.9 Å². The highest BCUT2D eigenvalue weighted by molar-refractivity contribution is 5.76. The van der Waals surface area contributed by atoms with Crippen LogP contribution in [0.3, 0.4) is 0 Å². The normalized spacial score (nSPS) is 18.5. The largest absolute Gasteiger partial charge is 0.343 e. The lowest BCUT2D eigenvalue weighted by Crippen LogP contribution is -2.39. The monoisotopic (exact) mass is 239 g/mol. The first-order valence-electron chi connectivity index (χ1n) is 7.20. The van der Waals surface area contributed by atoms with Crippen LogP contribution in [0.15, 0.2) is 0 Å². The Hall–Kier alpha value is -0.530. The van der Waals surface area contributed by atoms with E-state index in [1.807, 2.05) is 0 Å². The predicted octanol–water partition coefficient (Wildman–Crippen LogP) is 3.85. The minimum atomic E-state index is 0.376. The summed E-state index contributed by atoms with van der Waals surface area (Å²) in [6.07, 6.45) is 6.61. The van der Waals surface area contributed by atoms with E-state index >= 15 is 0 Å². The molecule has 0 N–H and O–H groups in total. The van der Waals surface area contributed by atoms with Crippen molar-refractivity contribution < 1.29 is 4.79 Å². The first-order valence-corrected chi connectivity index (χ1v) is 7.20. The van der Waals surface area contributed by atoms with E-state index in [0.717, 1.165) is 38.3 Å². The van der Waals surface area contributed by atoms with E-state index in [-0.39, 0.29) is 0 Å². The zero-order chi connectivity index (χ0) is 12.9. The summed E-state index contributed by atoms with van der Waals surface area (Å²) in [6.45, 7) is 11.1. The zero-order valence-corrected chi connectivity index (χ0v) is 12.1. The second-order valence-corrected chi connectivity index (χ2v) is 6.69. The molecular formula is C15H29NO.